The second kappa shape index (κ2) is 11.1. The molecule has 2 aliphatic carbocycles. The Morgan fingerprint density at radius 3 is 2.70 bits per heavy atom. The molecular weight excluding hydrogens is 475 g/mol. The zero-order chi connectivity index (χ0) is 26.6. The van der Waals surface area contributed by atoms with Gasteiger partial charge in [0, 0.05) is 18.3 Å². The summed E-state index contributed by atoms with van der Waals surface area (Å²) in [5, 5.41) is 13.3. The third-order valence-electron chi connectivity index (χ3n) is 7.05. The van der Waals surface area contributed by atoms with Gasteiger partial charge in [-0.1, -0.05) is 19.9 Å². The van der Waals surface area contributed by atoms with Crippen LogP contribution in [0.25, 0.3) is 0 Å². The molecule has 1 saturated carbocycles. The predicted octanol–water partition coefficient (Wildman–Crippen LogP) is 5.41. The van der Waals surface area contributed by atoms with E-state index >= 15 is 0 Å². The molecule has 1 atom stereocenters. The Bertz CT molecular complexity index is 1250. The Kier molecular flexibility index (Phi) is 7.90. The van der Waals surface area contributed by atoms with Crippen LogP contribution in [0.1, 0.15) is 57.4 Å². The summed E-state index contributed by atoms with van der Waals surface area (Å²) < 4.78 is 25.9. The first kappa shape index (κ1) is 26.3. The molecule has 196 valence electrons. The maximum atomic E-state index is 14.7. The fourth-order valence-electron chi connectivity index (χ4n) is 4.80. The van der Waals surface area contributed by atoms with Crippen molar-refractivity contribution in [2.75, 3.05) is 13.7 Å². The summed E-state index contributed by atoms with van der Waals surface area (Å²) in [7, 11) is 1.51. The molecule has 0 radical (unpaired) electrons. The molecule has 0 spiro atoms. The van der Waals surface area contributed by atoms with Crippen LogP contribution >= 0.6 is 0 Å². The van der Waals surface area contributed by atoms with Crippen molar-refractivity contribution < 1.29 is 23.8 Å². The lowest BCUT2D eigenvalue weighted by atomic mass is 9.82. The van der Waals surface area contributed by atoms with E-state index in [1.165, 1.54) is 25.3 Å². The van der Waals surface area contributed by atoms with Crippen LogP contribution in [0.15, 0.2) is 58.3 Å². The molecule has 1 fully saturated rings. The van der Waals surface area contributed by atoms with Gasteiger partial charge in [-0.2, -0.15) is 5.10 Å². The first-order valence-electron chi connectivity index (χ1n) is 12.4. The van der Waals surface area contributed by atoms with Crippen LogP contribution in [0, 0.1) is 17.2 Å². The minimum absolute atomic E-state index is 0.0438. The molecule has 2 aliphatic rings. The minimum atomic E-state index is -0.827. The van der Waals surface area contributed by atoms with Gasteiger partial charge in [-0.3, -0.25) is 4.79 Å². The third-order valence-corrected chi connectivity index (χ3v) is 7.05. The molecule has 1 aromatic carbocycles. The largest absolute Gasteiger partial charge is 0.497 e. The third kappa shape index (κ3) is 6.34. The quantitative estimate of drug-likeness (QED) is 0.238. The van der Waals surface area contributed by atoms with E-state index in [9.17, 15) is 14.3 Å². The highest BCUT2D eigenvalue weighted by atomic mass is 19.1. The van der Waals surface area contributed by atoms with E-state index in [0.29, 0.717) is 29.0 Å². The second-order valence-electron chi connectivity index (χ2n) is 10.2. The number of aliphatic carboxylic acids is 1. The lowest BCUT2D eigenvalue weighted by Crippen LogP contribution is -2.30. The van der Waals surface area contributed by atoms with E-state index in [1.807, 2.05) is 6.07 Å². The molecule has 1 unspecified atom stereocenters. The van der Waals surface area contributed by atoms with Gasteiger partial charge in [-0.05, 0) is 72.3 Å². The van der Waals surface area contributed by atoms with Gasteiger partial charge in [0.2, 0.25) is 5.88 Å². The molecule has 37 heavy (non-hydrogen) atoms. The van der Waals surface area contributed by atoms with Gasteiger partial charge < -0.3 is 20.4 Å². The summed E-state index contributed by atoms with van der Waals surface area (Å²) in [6.45, 7) is 4.16. The Morgan fingerprint density at radius 1 is 1.30 bits per heavy atom. The SMILES string of the molecule is COc1ccc(F)c(N=C(C2=CCCC2(C)C)C(COc2cc(C(CC(=O)O)C3CC3)ccn2)=NN)c1. The summed E-state index contributed by atoms with van der Waals surface area (Å²) in [6, 6.07) is 7.98. The molecule has 8 nitrogen and oxygen atoms in total. The van der Waals surface area contributed by atoms with Crippen molar-refractivity contribution in [3.63, 3.8) is 0 Å². The van der Waals surface area contributed by atoms with Crippen molar-refractivity contribution in [1.29, 1.82) is 0 Å². The summed E-state index contributed by atoms with van der Waals surface area (Å²) in [4.78, 5) is 20.3. The van der Waals surface area contributed by atoms with Crippen molar-refractivity contribution in [3.05, 3.63) is 59.6 Å². The first-order valence-corrected chi connectivity index (χ1v) is 12.4. The number of hydrogen-bond acceptors (Lipinski definition) is 7. The number of carbonyl (C=O) groups is 1. The van der Waals surface area contributed by atoms with Crippen LogP contribution in [0.3, 0.4) is 0 Å². The Balaban J connectivity index is 1.62. The summed E-state index contributed by atoms with van der Waals surface area (Å²) in [6.07, 6.45) is 7.57. The minimum Gasteiger partial charge on any atom is -0.497 e. The van der Waals surface area contributed by atoms with Gasteiger partial charge in [-0.15, -0.1) is 0 Å². The average molecular weight is 509 g/mol. The van der Waals surface area contributed by atoms with E-state index < -0.39 is 11.8 Å². The Morgan fingerprint density at radius 2 is 2.08 bits per heavy atom. The van der Waals surface area contributed by atoms with Gasteiger partial charge in [0.1, 0.15) is 29.6 Å². The molecule has 1 heterocycles. The van der Waals surface area contributed by atoms with Crippen LogP contribution in [-0.4, -0.2) is 41.2 Å². The molecular formula is C28H33FN4O4. The number of methoxy groups -OCH3 is 1. The monoisotopic (exact) mass is 508 g/mol. The van der Waals surface area contributed by atoms with Crippen molar-refractivity contribution in [1.82, 2.24) is 4.98 Å². The van der Waals surface area contributed by atoms with Gasteiger partial charge >= 0.3 is 5.97 Å². The number of hydrogen-bond donors (Lipinski definition) is 2. The molecule has 9 heteroatoms. The number of nitrogens with two attached hydrogens (primary N) is 1. The molecule has 3 N–H and O–H groups in total. The van der Waals surface area contributed by atoms with Crippen LogP contribution in [0.2, 0.25) is 0 Å². The number of allylic oxidation sites excluding steroid dienone is 2. The zero-order valence-electron chi connectivity index (χ0n) is 21.4. The van der Waals surface area contributed by atoms with Crippen molar-refractivity contribution in [2.45, 2.75) is 51.9 Å². The number of ether oxygens (including phenoxy) is 2. The van der Waals surface area contributed by atoms with E-state index in [1.54, 1.807) is 12.3 Å². The topological polar surface area (TPSA) is 119 Å². The number of carboxylic acid groups (broad SMARTS) is 1. The average Bonchev–Trinajstić information content (AvgIpc) is 3.65. The summed E-state index contributed by atoms with van der Waals surface area (Å²) in [5.74, 6) is 5.59. The number of pyridine rings is 1. The number of halogens is 1. The Labute approximate surface area is 216 Å². The molecule has 2 aromatic rings. The lowest BCUT2D eigenvalue weighted by molar-refractivity contribution is -0.137. The Hall–Kier alpha value is -3.75. The van der Waals surface area contributed by atoms with E-state index in [0.717, 1.165) is 36.8 Å². The maximum absolute atomic E-state index is 14.7. The van der Waals surface area contributed by atoms with Crippen molar-refractivity contribution >= 4 is 23.1 Å². The molecule has 4 rings (SSSR count). The molecule has 0 amide bonds. The van der Waals surface area contributed by atoms with Crippen molar-refractivity contribution in [2.24, 2.45) is 27.3 Å². The summed E-state index contributed by atoms with van der Waals surface area (Å²) >= 11 is 0. The standard InChI is InChI=1S/C28H33FN4O4/c1-28(2)11-4-5-21(28)27(32-23-14-19(36-3)8-9-22(23)29)24(33-30)16-37-25-13-18(10-12-31-25)20(15-26(34)35)17-6-7-17/h5,8-10,12-14,17,20H,4,6-7,11,15-16,30H2,1-3H3,(H,34,35). The van der Waals surface area contributed by atoms with Crippen LogP contribution < -0.4 is 15.3 Å². The number of aliphatic imine (C=N–C) groups is 1. The van der Waals surface area contributed by atoms with Crippen LogP contribution in [0.4, 0.5) is 10.1 Å². The number of nitrogens with zero attached hydrogens (tertiary/aromatic N) is 3. The molecule has 1 aromatic heterocycles. The molecule has 0 bridgehead atoms. The van der Waals surface area contributed by atoms with Gasteiger partial charge in [-0.25, -0.2) is 14.4 Å². The van der Waals surface area contributed by atoms with Crippen LogP contribution in [-0.2, 0) is 4.79 Å². The molecule has 0 aliphatic heterocycles. The zero-order valence-corrected chi connectivity index (χ0v) is 21.4. The van der Waals surface area contributed by atoms with Crippen LogP contribution in [0.5, 0.6) is 11.6 Å². The highest BCUT2D eigenvalue weighted by molar-refractivity contribution is 6.49. The number of aromatic nitrogens is 1. The van der Waals surface area contributed by atoms with E-state index in [-0.39, 0.29) is 30.0 Å². The second-order valence-corrected chi connectivity index (χ2v) is 10.2. The van der Waals surface area contributed by atoms with Gasteiger partial charge in [0.05, 0.1) is 19.2 Å². The summed E-state index contributed by atoms with van der Waals surface area (Å²) in [5.41, 5.74) is 2.50. The fraction of sp³-hybridized carbons (Fsp3) is 0.429. The van der Waals surface area contributed by atoms with Crippen molar-refractivity contribution in [3.8, 4) is 11.6 Å². The van der Waals surface area contributed by atoms with Gasteiger partial charge in [0.15, 0.2) is 0 Å². The highest BCUT2D eigenvalue weighted by Gasteiger charge is 2.35. The molecule has 0 saturated heterocycles. The maximum Gasteiger partial charge on any atom is 0.303 e. The highest BCUT2D eigenvalue weighted by Crippen LogP contribution is 2.45. The van der Waals surface area contributed by atoms with E-state index in [4.69, 9.17) is 15.3 Å². The number of rotatable bonds is 11. The van der Waals surface area contributed by atoms with Gasteiger partial charge in [0.25, 0.3) is 0 Å². The fourth-order valence-corrected chi connectivity index (χ4v) is 4.80. The number of hydrazone groups is 1. The normalized spacial score (nSPS) is 18.3. The number of benzene rings is 1. The smallest absolute Gasteiger partial charge is 0.303 e. The predicted molar refractivity (Wildman–Crippen MR) is 140 cm³/mol. The van der Waals surface area contributed by atoms with E-state index in [2.05, 4.69) is 35.0 Å². The first-order chi connectivity index (χ1) is 17.7. The number of carboxylic acids is 1. The lowest BCUT2D eigenvalue weighted by Gasteiger charge is -2.24.